The fourth-order valence-electron chi connectivity index (χ4n) is 1.30. The van der Waals surface area contributed by atoms with Gasteiger partial charge in [0.15, 0.2) is 0 Å². The molecule has 1 aromatic rings. The predicted octanol–water partition coefficient (Wildman–Crippen LogP) is -0.266. The Balaban J connectivity index is 2.36. The average molecular weight is 223 g/mol. The average Bonchev–Trinajstić information content (AvgIpc) is 2.26. The molecule has 0 fully saturated rings. The van der Waals surface area contributed by atoms with E-state index < -0.39 is 6.10 Å². The van der Waals surface area contributed by atoms with Gasteiger partial charge in [0.05, 0.1) is 11.7 Å². The van der Waals surface area contributed by atoms with Crippen LogP contribution in [0.1, 0.15) is 10.4 Å². The minimum Gasteiger partial charge on any atom is -0.390 e. The number of nitrogens with one attached hydrogen (secondary N) is 1. The summed E-state index contributed by atoms with van der Waals surface area (Å²) in [7, 11) is 3.73. The number of pyridine rings is 1. The van der Waals surface area contributed by atoms with E-state index in [1.807, 2.05) is 19.0 Å². The highest BCUT2D eigenvalue weighted by atomic mass is 16.3. The molecule has 0 bridgehead atoms. The molecule has 0 saturated carbocycles. The van der Waals surface area contributed by atoms with Crippen molar-refractivity contribution in [2.24, 2.45) is 0 Å². The van der Waals surface area contributed by atoms with Crippen LogP contribution in [-0.2, 0) is 0 Å². The number of amides is 1. The van der Waals surface area contributed by atoms with Crippen molar-refractivity contribution in [3.63, 3.8) is 0 Å². The van der Waals surface area contributed by atoms with Gasteiger partial charge in [-0.25, -0.2) is 0 Å². The van der Waals surface area contributed by atoms with Crippen LogP contribution in [0.2, 0.25) is 0 Å². The van der Waals surface area contributed by atoms with Crippen LogP contribution in [-0.4, -0.2) is 54.2 Å². The van der Waals surface area contributed by atoms with E-state index in [2.05, 4.69) is 10.3 Å². The van der Waals surface area contributed by atoms with Crippen molar-refractivity contribution in [3.8, 4) is 0 Å². The molecule has 1 aromatic heterocycles. The number of carbonyl (C=O) groups is 1. The van der Waals surface area contributed by atoms with Gasteiger partial charge < -0.3 is 15.3 Å². The maximum Gasteiger partial charge on any atom is 0.252 e. The third-order valence-electron chi connectivity index (χ3n) is 2.00. The minimum atomic E-state index is -0.560. The number of hydrogen-bond acceptors (Lipinski definition) is 4. The van der Waals surface area contributed by atoms with Crippen LogP contribution in [0.15, 0.2) is 24.5 Å². The zero-order valence-electron chi connectivity index (χ0n) is 9.55. The molecular formula is C11H17N3O2. The zero-order chi connectivity index (χ0) is 12.0. The standard InChI is InChI=1S/C11H17N3O2/c1-14(2)8-10(15)7-13-11(16)9-4-3-5-12-6-9/h3-6,10,15H,7-8H2,1-2H3,(H,13,16). The van der Waals surface area contributed by atoms with Gasteiger partial charge in [-0.15, -0.1) is 0 Å². The summed E-state index contributed by atoms with van der Waals surface area (Å²) in [6, 6.07) is 3.38. The zero-order valence-corrected chi connectivity index (χ0v) is 9.55. The van der Waals surface area contributed by atoms with E-state index >= 15 is 0 Å². The molecule has 2 N–H and O–H groups in total. The lowest BCUT2D eigenvalue weighted by atomic mass is 10.2. The molecule has 0 aliphatic heterocycles. The van der Waals surface area contributed by atoms with E-state index in [1.165, 1.54) is 6.20 Å². The monoisotopic (exact) mass is 223 g/mol. The second kappa shape index (κ2) is 6.19. The molecule has 0 radical (unpaired) electrons. The Bertz CT molecular complexity index is 327. The molecule has 0 aliphatic rings. The van der Waals surface area contributed by atoms with Gasteiger partial charge >= 0.3 is 0 Å². The number of aromatic nitrogens is 1. The van der Waals surface area contributed by atoms with Crippen molar-refractivity contribution in [2.45, 2.75) is 6.10 Å². The van der Waals surface area contributed by atoms with Crippen LogP contribution in [0.5, 0.6) is 0 Å². The molecular weight excluding hydrogens is 206 g/mol. The molecule has 1 rings (SSSR count). The fraction of sp³-hybridized carbons (Fsp3) is 0.455. The molecule has 5 heteroatoms. The van der Waals surface area contributed by atoms with E-state index in [9.17, 15) is 9.90 Å². The molecule has 16 heavy (non-hydrogen) atoms. The van der Waals surface area contributed by atoms with Crippen LogP contribution < -0.4 is 5.32 Å². The van der Waals surface area contributed by atoms with Gasteiger partial charge in [-0.3, -0.25) is 9.78 Å². The Morgan fingerprint density at radius 2 is 2.38 bits per heavy atom. The van der Waals surface area contributed by atoms with Crippen LogP contribution in [0.4, 0.5) is 0 Å². The number of carbonyl (C=O) groups excluding carboxylic acids is 1. The lowest BCUT2D eigenvalue weighted by Gasteiger charge is -2.16. The summed E-state index contributed by atoms with van der Waals surface area (Å²) in [5.41, 5.74) is 0.500. The second-order valence-corrected chi connectivity index (χ2v) is 3.87. The predicted molar refractivity (Wildman–Crippen MR) is 61.1 cm³/mol. The number of likely N-dealkylation sites (N-methyl/N-ethyl adjacent to an activating group) is 1. The maximum absolute atomic E-state index is 11.6. The Morgan fingerprint density at radius 1 is 1.62 bits per heavy atom. The van der Waals surface area contributed by atoms with Crippen molar-refractivity contribution in [1.29, 1.82) is 0 Å². The summed E-state index contributed by atoms with van der Waals surface area (Å²) in [6.07, 6.45) is 2.54. The third kappa shape index (κ3) is 4.37. The Hall–Kier alpha value is -1.46. The number of nitrogens with zero attached hydrogens (tertiary/aromatic N) is 2. The van der Waals surface area contributed by atoms with E-state index in [-0.39, 0.29) is 12.5 Å². The third-order valence-corrected chi connectivity index (χ3v) is 2.00. The van der Waals surface area contributed by atoms with Gasteiger partial charge in [0, 0.05) is 25.5 Å². The molecule has 1 heterocycles. The summed E-state index contributed by atoms with van der Waals surface area (Å²) < 4.78 is 0. The van der Waals surface area contributed by atoms with Crippen molar-refractivity contribution < 1.29 is 9.90 Å². The molecule has 0 spiro atoms. The summed E-state index contributed by atoms with van der Waals surface area (Å²) in [4.78, 5) is 17.3. The Labute approximate surface area is 95.1 Å². The fourth-order valence-corrected chi connectivity index (χ4v) is 1.30. The topological polar surface area (TPSA) is 65.5 Å². The summed E-state index contributed by atoms with van der Waals surface area (Å²) in [5, 5.41) is 12.2. The first-order chi connectivity index (χ1) is 7.59. The SMILES string of the molecule is CN(C)CC(O)CNC(=O)c1cccnc1. The second-order valence-electron chi connectivity index (χ2n) is 3.87. The van der Waals surface area contributed by atoms with E-state index in [1.54, 1.807) is 18.3 Å². The van der Waals surface area contributed by atoms with Gasteiger partial charge in [-0.05, 0) is 26.2 Å². The summed E-state index contributed by atoms with van der Waals surface area (Å²) in [5.74, 6) is -0.217. The van der Waals surface area contributed by atoms with Crippen molar-refractivity contribution >= 4 is 5.91 Å². The largest absolute Gasteiger partial charge is 0.390 e. The molecule has 0 aliphatic carbocycles. The van der Waals surface area contributed by atoms with Crippen LogP contribution in [0, 0.1) is 0 Å². The highest BCUT2D eigenvalue weighted by molar-refractivity contribution is 5.93. The highest BCUT2D eigenvalue weighted by Crippen LogP contribution is 1.95. The number of aliphatic hydroxyl groups excluding tert-OH is 1. The lowest BCUT2D eigenvalue weighted by Crippen LogP contribution is -2.37. The van der Waals surface area contributed by atoms with E-state index in [0.29, 0.717) is 12.1 Å². The molecule has 1 unspecified atom stereocenters. The molecule has 1 atom stereocenters. The van der Waals surface area contributed by atoms with Crippen LogP contribution >= 0.6 is 0 Å². The van der Waals surface area contributed by atoms with Crippen LogP contribution in [0.25, 0.3) is 0 Å². The molecule has 5 nitrogen and oxygen atoms in total. The molecule has 88 valence electrons. The number of hydrogen-bond donors (Lipinski definition) is 2. The first-order valence-electron chi connectivity index (χ1n) is 5.10. The van der Waals surface area contributed by atoms with E-state index in [4.69, 9.17) is 0 Å². The first-order valence-corrected chi connectivity index (χ1v) is 5.10. The quantitative estimate of drug-likeness (QED) is 0.721. The normalized spacial score (nSPS) is 12.5. The summed E-state index contributed by atoms with van der Waals surface area (Å²) >= 11 is 0. The molecule has 1 amide bonds. The Morgan fingerprint density at radius 3 is 2.94 bits per heavy atom. The van der Waals surface area contributed by atoms with Gasteiger partial charge in [0.1, 0.15) is 0 Å². The van der Waals surface area contributed by atoms with Crippen molar-refractivity contribution in [3.05, 3.63) is 30.1 Å². The van der Waals surface area contributed by atoms with E-state index in [0.717, 1.165) is 0 Å². The molecule has 0 saturated heterocycles. The first kappa shape index (κ1) is 12.6. The van der Waals surface area contributed by atoms with Crippen molar-refractivity contribution in [2.75, 3.05) is 27.2 Å². The van der Waals surface area contributed by atoms with Crippen molar-refractivity contribution in [1.82, 2.24) is 15.2 Å². The van der Waals surface area contributed by atoms with Gasteiger partial charge in [0.2, 0.25) is 0 Å². The van der Waals surface area contributed by atoms with Gasteiger partial charge in [-0.2, -0.15) is 0 Å². The Kier molecular flexibility index (Phi) is 4.88. The van der Waals surface area contributed by atoms with Gasteiger partial charge in [0.25, 0.3) is 5.91 Å². The number of aliphatic hydroxyl groups is 1. The van der Waals surface area contributed by atoms with Crippen LogP contribution in [0.3, 0.4) is 0 Å². The maximum atomic E-state index is 11.6. The highest BCUT2D eigenvalue weighted by Gasteiger charge is 2.09. The minimum absolute atomic E-state index is 0.217. The lowest BCUT2D eigenvalue weighted by molar-refractivity contribution is 0.0892. The smallest absolute Gasteiger partial charge is 0.252 e. The number of rotatable bonds is 5. The summed E-state index contributed by atoms with van der Waals surface area (Å²) in [6.45, 7) is 0.763. The van der Waals surface area contributed by atoms with Gasteiger partial charge in [-0.1, -0.05) is 0 Å². The molecule has 0 aromatic carbocycles.